The maximum Gasteiger partial charge on any atom is 0.280 e. The number of aromatic nitrogens is 2. The number of methoxy groups -OCH3 is 1. The number of sulfonamides is 1. The van der Waals surface area contributed by atoms with Crippen LogP contribution >= 0.6 is 27.7 Å². The molecule has 0 amide bonds. The number of thioether (sulfide) groups is 1. The first-order valence-electron chi connectivity index (χ1n) is 9.42. The Bertz CT molecular complexity index is 1260. The predicted molar refractivity (Wildman–Crippen MR) is 126 cm³/mol. The third-order valence-electron chi connectivity index (χ3n) is 4.25. The molecule has 3 aromatic rings. The molecule has 0 unspecified atom stereocenters. The van der Waals surface area contributed by atoms with E-state index in [1.54, 1.807) is 37.3 Å². The van der Waals surface area contributed by atoms with Crippen LogP contribution in [-0.2, 0) is 15.8 Å². The summed E-state index contributed by atoms with van der Waals surface area (Å²) in [5.41, 5.74) is 1.49. The molecule has 7 nitrogen and oxygen atoms in total. The van der Waals surface area contributed by atoms with Gasteiger partial charge < -0.3 is 4.74 Å². The zero-order valence-corrected chi connectivity index (χ0v) is 20.7. The number of benzene rings is 2. The third-order valence-corrected chi connectivity index (χ3v) is 6.91. The van der Waals surface area contributed by atoms with E-state index in [-0.39, 0.29) is 15.7 Å². The minimum absolute atomic E-state index is 0.0796. The van der Waals surface area contributed by atoms with Crippen molar-refractivity contribution in [3.05, 3.63) is 75.5 Å². The van der Waals surface area contributed by atoms with Crippen LogP contribution in [0.1, 0.15) is 28.9 Å². The van der Waals surface area contributed by atoms with Crippen molar-refractivity contribution >= 4 is 43.9 Å². The lowest BCUT2D eigenvalue weighted by Gasteiger charge is -2.10. The van der Waals surface area contributed by atoms with Crippen LogP contribution in [0.4, 0.5) is 8.78 Å². The van der Waals surface area contributed by atoms with Gasteiger partial charge >= 0.3 is 0 Å². The third kappa shape index (κ3) is 6.95. The summed E-state index contributed by atoms with van der Waals surface area (Å²) in [6, 6.07) is 12.6. The highest BCUT2D eigenvalue weighted by Gasteiger charge is 2.14. The number of aryl methyl sites for hydroxylation is 1. The topological polar surface area (TPSA) is 93.5 Å². The second-order valence-electron chi connectivity index (χ2n) is 6.68. The molecule has 0 saturated carbocycles. The molecule has 1 N–H and O–H groups in total. The minimum Gasteiger partial charge on any atom is -0.496 e. The van der Waals surface area contributed by atoms with Gasteiger partial charge in [-0.1, -0.05) is 27.7 Å². The van der Waals surface area contributed by atoms with Crippen LogP contribution in [-0.4, -0.2) is 31.7 Å². The van der Waals surface area contributed by atoms with Crippen molar-refractivity contribution in [1.82, 2.24) is 14.8 Å². The van der Waals surface area contributed by atoms with Crippen molar-refractivity contribution < 1.29 is 21.9 Å². The molecule has 0 atom stereocenters. The number of halogens is 3. The van der Waals surface area contributed by atoms with Crippen molar-refractivity contribution in [2.45, 2.75) is 29.2 Å². The van der Waals surface area contributed by atoms with E-state index in [1.807, 2.05) is 0 Å². The summed E-state index contributed by atoms with van der Waals surface area (Å²) in [4.78, 5) is 10.3. The van der Waals surface area contributed by atoms with E-state index in [0.29, 0.717) is 22.8 Å². The molecule has 0 aliphatic heterocycles. The fraction of sp³-hybridized carbons (Fsp3) is 0.190. The van der Waals surface area contributed by atoms with Crippen molar-refractivity contribution in [2.75, 3.05) is 7.11 Å². The highest BCUT2D eigenvalue weighted by atomic mass is 79.9. The second kappa shape index (κ2) is 11.0. The molecule has 0 aliphatic carbocycles. The molecule has 174 valence electrons. The Morgan fingerprint density at radius 2 is 1.91 bits per heavy atom. The standard InChI is InChI=1S/C21H19BrF2N4O3S2/c1-13-9-18(20(23)24)27-21(26-13)32-12-15-10-14(3-8-19(15)31-2)11-25-28-33(29,30)17-6-4-16(22)5-7-17/h3-11,20,28H,12H2,1-2H3/b25-11+. The van der Waals surface area contributed by atoms with Gasteiger partial charge in [0.25, 0.3) is 16.4 Å². The molecule has 0 aliphatic rings. The number of alkyl halides is 2. The van der Waals surface area contributed by atoms with Crippen LogP contribution in [0.5, 0.6) is 5.75 Å². The average molecular weight is 557 g/mol. The summed E-state index contributed by atoms with van der Waals surface area (Å²) < 4.78 is 56.8. The summed E-state index contributed by atoms with van der Waals surface area (Å²) in [7, 11) is -2.29. The van der Waals surface area contributed by atoms with Gasteiger partial charge in [0.2, 0.25) is 0 Å². The van der Waals surface area contributed by atoms with Crippen LogP contribution in [0.3, 0.4) is 0 Å². The SMILES string of the molecule is COc1ccc(/C=N/NS(=O)(=O)c2ccc(Br)cc2)cc1CSc1nc(C)cc(C(F)F)n1. The quantitative estimate of drug-likeness (QED) is 0.170. The zero-order valence-electron chi connectivity index (χ0n) is 17.5. The van der Waals surface area contributed by atoms with Gasteiger partial charge in [0.15, 0.2) is 5.16 Å². The lowest BCUT2D eigenvalue weighted by atomic mass is 10.1. The Balaban J connectivity index is 1.73. The summed E-state index contributed by atoms with van der Waals surface area (Å²) >= 11 is 4.45. The summed E-state index contributed by atoms with van der Waals surface area (Å²) in [5.74, 6) is 0.929. The predicted octanol–water partition coefficient (Wildman–Crippen LogP) is 5.10. The van der Waals surface area contributed by atoms with Gasteiger partial charge in [-0.25, -0.2) is 23.6 Å². The zero-order chi connectivity index (χ0) is 24.0. The molecule has 2 aromatic carbocycles. The first-order valence-corrected chi connectivity index (χ1v) is 12.7. The van der Waals surface area contributed by atoms with Gasteiger partial charge in [-0.05, 0) is 61.0 Å². The highest BCUT2D eigenvalue weighted by molar-refractivity contribution is 9.10. The fourth-order valence-electron chi connectivity index (χ4n) is 2.71. The number of ether oxygens (including phenoxy) is 1. The fourth-order valence-corrected chi connectivity index (χ4v) is 4.66. The molecule has 0 saturated heterocycles. The monoisotopic (exact) mass is 556 g/mol. The van der Waals surface area contributed by atoms with Gasteiger partial charge in [0.1, 0.15) is 11.4 Å². The van der Waals surface area contributed by atoms with Crippen LogP contribution in [0.25, 0.3) is 0 Å². The van der Waals surface area contributed by atoms with E-state index in [4.69, 9.17) is 4.74 Å². The average Bonchev–Trinajstić information content (AvgIpc) is 2.77. The Morgan fingerprint density at radius 3 is 2.58 bits per heavy atom. The maximum absolute atomic E-state index is 13.0. The summed E-state index contributed by atoms with van der Waals surface area (Å²) in [6.07, 6.45) is -1.32. The normalized spacial score (nSPS) is 11.8. The van der Waals surface area contributed by atoms with Gasteiger partial charge in [0.05, 0.1) is 18.2 Å². The van der Waals surface area contributed by atoms with Gasteiger partial charge in [0, 0.05) is 21.5 Å². The van der Waals surface area contributed by atoms with Crippen LogP contribution in [0.15, 0.2) is 68.2 Å². The van der Waals surface area contributed by atoms with Crippen LogP contribution in [0.2, 0.25) is 0 Å². The molecule has 0 fully saturated rings. The molecule has 0 bridgehead atoms. The van der Waals surface area contributed by atoms with Gasteiger partial charge in [-0.3, -0.25) is 0 Å². The summed E-state index contributed by atoms with van der Waals surface area (Å²) in [5, 5.41) is 4.07. The summed E-state index contributed by atoms with van der Waals surface area (Å²) in [6.45, 7) is 1.63. The molecule has 33 heavy (non-hydrogen) atoms. The van der Waals surface area contributed by atoms with Crippen molar-refractivity contribution in [3.8, 4) is 5.75 Å². The van der Waals surface area contributed by atoms with E-state index >= 15 is 0 Å². The Kier molecular flexibility index (Phi) is 8.38. The van der Waals surface area contributed by atoms with Crippen LogP contribution < -0.4 is 9.57 Å². The first kappa shape index (κ1) is 25.1. The molecule has 0 spiro atoms. The number of hydrogen-bond acceptors (Lipinski definition) is 7. The molecular weight excluding hydrogens is 538 g/mol. The molecule has 3 rings (SSSR count). The Labute approximate surface area is 202 Å². The molecule has 1 heterocycles. The number of hydrogen-bond donors (Lipinski definition) is 1. The van der Waals surface area contributed by atoms with Crippen LogP contribution in [0, 0.1) is 6.92 Å². The van der Waals surface area contributed by atoms with Crippen molar-refractivity contribution in [1.29, 1.82) is 0 Å². The van der Waals surface area contributed by atoms with E-state index in [2.05, 4.69) is 35.8 Å². The molecular formula is C21H19BrF2N4O3S2. The van der Waals surface area contributed by atoms with Crippen molar-refractivity contribution in [2.24, 2.45) is 5.10 Å². The van der Waals surface area contributed by atoms with Crippen molar-refractivity contribution in [3.63, 3.8) is 0 Å². The molecule has 1 aromatic heterocycles. The van der Waals surface area contributed by atoms with E-state index in [1.165, 1.54) is 43.3 Å². The first-order chi connectivity index (χ1) is 15.7. The van der Waals surface area contributed by atoms with Gasteiger partial charge in [-0.15, -0.1) is 0 Å². The lowest BCUT2D eigenvalue weighted by molar-refractivity contribution is 0.145. The number of rotatable bonds is 9. The Hall–Kier alpha value is -2.57. The number of hydrazone groups is 1. The Morgan fingerprint density at radius 1 is 1.18 bits per heavy atom. The van der Waals surface area contributed by atoms with Gasteiger partial charge in [-0.2, -0.15) is 13.5 Å². The van der Waals surface area contributed by atoms with E-state index in [9.17, 15) is 17.2 Å². The number of nitrogens with one attached hydrogen (secondary N) is 1. The molecule has 12 heteroatoms. The maximum atomic E-state index is 13.0. The van der Waals surface area contributed by atoms with E-state index in [0.717, 1.165) is 10.0 Å². The number of nitrogens with zero attached hydrogens (tertiary/aromatic N) is 3. The lowest BCUT2D eigenvalue weighted by Crippen LogP contribution is -2.18. The van der Waals surface area contributed by atoms with E-state index < -0.39 is 16.4 Å². The minimum atomic E-state index is -3.81. The molecule has 0 radical (unpaired) electrons. The largest absolute Gasteiger partial charge is 0.496 e. The second-order valence-corrected chi connectivity index (χ2v) is 10.2. The smallest absolute Gasteiger partial charge is 0.280 e. The highest BCUT2D eigenvalue weighted by Crippen LogP contribution is 2.28.